The van der Waals surface area contributed by atoms with E-state index in [0.29, 0.717) is 12.2 Å². The van der Waals surface area contributed by atoms with Gasteiger partial charge in [-0.1, -0.05) is 76.6 Å². The van der Waals surface area contributed by atoms with Crippen molar-refractivity contribution in [1.82, 2.24) is 0 Å². The highest BCUT2D eigenvalue weighted by atomic mass is 16.5. The molecule has 29 heavy (non-hydrogen) atoms. The van der Waals surface area contributed by atoms with E-state index >= 15 is 0 Å². The Morgan fingerprint density at radius 1 is 0.966 bits per heavy atom. The van der Waals surface area contributed by atoms with Gasteiger partial charge >= 0.3 is 5.97 Å². The molecule has 0 aliphatic heterocycles. The number of carbonyl (C=O) groups excluding carboxylic acids is 1. The number of allylic oxidation sites excluding steroid dienone is 2. The summed E-state index contributed by atoms with van der Waals surface area (Å²) < 4.78 is 5.42. The van der Waals surface area contributed by atoms with Gasteiger partial charge in [-0.3, -0.25) is 4.79 Å². The molecule has 0 amide bonds. The summed E-state index contributed by atoms with van der Waals surface area (Å²) in [6.07, 6.45) is 15.8. The quantitative estimate of drug-likeness (QED) is 0.232. The molecule has 0 fully saturated rings. The van der Waals surface area contributed by atoms with Gasteiger partial charge in [-0.2, -0.15) is 0 Å². The van der Waals surface area contributed by atoms with Crippen LogP contribution in [0.25, 0.3) is 16.3 Å². The molecule has 2 aromatic rings. The lowest BCUT2D eigenvalue weighted by atomic mass is 9.83. The van der Waals surface area contributed by atoms with Crippen LogP contribution in [0.2, 0.25) is 0 Å². The number of ether oxygens (including phenoxy) is 1. The van der Waals surface area contributed by atoms with Crippen molar-refractivity contribution in [2.75, 3.05) is 0 Å². The van der Waals surface area contributed by atoms with E-state index in [0.717, 1.165) is 17.7 Å². The molecule has 0 bridgehead atoms. The lowest BCUT2D eigenvalue weighted by Crippen LogP contribution is -2.06. The van der Waals surface area contributed by atoms with Crippen LogP contribution in [0.5, 0.6) is 5.75 Å². The summed E-state index contributed by atoms with van der Waals surface area (Å²) in [5, 5.41) is 2.33. The number of esters is 1. The van der Waals surface area contributed by atoms with Crippen LogP contribution >= 0.6 is 0 Å². The molecule has 1 aliphatic carbocycles. The minimum absolute atomic E-state index is 0.157. The van der Waals surface area contributed by atoms with Crippen molar-refractivity contribution in [3.05, 3.63) is 48.0 Å². The zero-order chi connectivity index (χ0) is 20.5. The van der Waals surface area contributed by atoms with Gasteiger partial charge in [0.15, 0.2) is 0 Å². The predicted octanol–water partition coefficient (Wildman–Crippen LogP) is 8.09. The summed E-state index contributed by atoms with van der Waals surface area (Å²) in [6.45, 7) is 4.26. The summed E-state index contributed by atoms with van der Waals surface area (Å²) >= 11 is 0. The van der Waals surface area contributed by atoms with Gasteiger partial charge in [0.05, 0.1) is 0 Å². The van der Waals surface area contributed by atoms with E-state index in [9.17, 15) is 4.79 Å². The molecule has 0 spiro atoms. The second-order valence-electron chi connectivity index (χ2n) is 8.52. The molecule has 0 saturated carbocycles. The maximum Gasteiger partial charge on any atom is 0.311 e. The number of hydrogen-bond acceptors (Lipinski definition) is 2. The van der Waals surface area contributed by atoms with Gasteiger partial charge < -0.3 is 4.74 Å². The fourth-order valence-corrected chi connectivity index (χ4v) is 4.32. The molecule has 0 N–H and O–H groups in total. The molecule has 0 radical (unpaired) electrons. The maximum absolute atomic E-state index is 11.7. The summed E-state index contributed by atoms with van der Waals surface area (Å²) in [5.74, 6) is 1.36. The molecule has 0 heterocycles. The van der Waals surface area contributed by atoms with E-state index in [1.165, 1.54) is 74.3 Å². The third-order valence-electron chi connectivity index (χ3n) is 6.10. The standard InChI is InChI=1S/C27H36O2/c1-3-5-6-7-8-10-21-11-13-22(14-12-21)23-15-16-25-20-26(18-17-24(25)19-23)29-27(28)9-4-2/h13,15-21H,3-12,14H2,1-2H3. The predicted molar refractivity (Wildman–Crippen MR) is 123 cm³/mol. The minimum atomic E-state index is -0.157. The molecule has 1 atom stereocenters. The molecule has 2 heteroatoms. The largest absolute Gasteiger partial charge is 0.427 e. The first-order valence-electron chi connectivity index (χ1n) is 11.6. The average molecular weight is 393 g/mol. The van der Waals surface area contributed by atoms with Crippen LogP contribution in [0.3, 0.4) is 0 Å². The highest BCUT2D eigenvalue weighted by Crippen LogP contribution is 2.34. The van der Waals surface area contributed by atoms with Gasteiger partial charge in [-0.25, -0.2) is 0 Å². The van der Waals surface area contributed by atoms with Crippen molar-refractivity contribution in [1.29, 1.82) is 0 Å². The van der Waals surface area contributed by atoms with Gasteiger partial charge in [-0.15, -0.1) is 0 Å². The molecular weight excluding hydrogens is 356 g/mol. The van der Waals surface area contributed by atoms with Gasteiger partial charge in [0.25, 0.3) is 0 Å². The van der Waals surface area contributed by atoms with E-state index in [1.807, 2.05) is 19.1 Å². The molecular formula is C27H36O2. The van der Waals surface area contributed by atoms with Crippen LogP contribution in [0.1, 0.15) is 90.0 Å². The summed E-state index contributed by atoms with van der Waals surface area (Å²) in [5.41, 5.74) is 2.84. The highest BCUT2D eigenvalue weighted by Gasteiger charge is 2.15. The van der Waals surface area contributed by atoms with E-state index in [1.54, 1.807) is 0 Å². The molecule has 1 unspecified atom stereocenters. The van der Waals surface area contributed by atoms with E-state index in [2.05, 4.69) is 37.3 Å². The van der Waals surface area contributed by atoms with Gasteiger partial charge in [0.1, 0.15) is 5.75 Å². The second kappa shape index (κ2) is 11.2. The highest BCUT2D eigenvalue weighted by molar-refractivity contribution is 5.88. The SMILES string of the molecule is CCCCCCCC1CC=C(c2ccc3cc(OC(=O)CCC)ccc3c2)CC1. The van der Waals surface area contributed by atoms with E-state index in [4.69, 9.17) is 4.74 Å². The third kappa shape index (κ3) is 6.45. The Kier molecular flexibility index (Phi) is 8.34. The first kappa shape index (κ1) is 21.6. The van der Waals surface area contributed by atoms with Crippen LogP contribution in [-0.2, 0) is 4.79 Å². The Labute approximate surface area is 176 Å². The Bertz CT molecular complexity index is 834. The Balaban J connectivity index is 1.58. The molecule has 2 nitrogen and oxygen atoms in total. The maximum atomic E-state index is 11.7. The fourth-order valence-electron chi connectivity index (χ4n) is 4.32. The Hall–Kier alpha value is -2.09. The van der Waals surface area contributed by atoms with Crippen LogP contribution in [0, 0.1) is 5.92 Å². The topological polar surface area (TPSA) is 26.3 Å². The average Bonchev–Trinajstić information content (AvgIpc) is 2.74. The molecule has 1 aliphatic rings. The van der Waals surface area contributed by atoms with Crippen LogP contribution in [-0.4, -0.2) is 5.97 Å². The van der Waals surface area contributed by atoms with Gasteiger partial charge in [0.2, 0.25) is 0 Å². The Morgan fingerprint density at radius 2 is 1.76 bits per heavy atom. The Morgan fingerprint density at radius 3 is 2.52 bits per heavy atom. The molecule has 0 saturated heterocycles. The summed E-state index contributed by atoms with van der Waals surface area (Å²) in [6, 6.07) is 12.6. The third-order valence-corrected chi connectivity index (χ3v) is 6.10. The number of fused-ring (bicyclic) bond motifs is 1. The van der Waals surface area contributed by atoms with Crippen molar-refractivity contribution in [3.8, 4) is 5.75 Å². The monoisotopic (exact) mass is 392 g/mol. The molecule has 0 aromatic heterocycles. The van der Waals surface area contributed by atoms with Gasteiger partial charge in [-0.05, 0) is 71.7 Å². The minimum Gasteiger partial charge on any atom is -0.427 e. The fraction of sp³-hybridized carbons (Fsp3) is 0.519. The number of carbonyl (C=O) groups is 1. The van der Waals surface area contributed by atoms with Crippen LogP contribution < -0.4 is 4.74 Å². The normalized spacial score (nSPS) is 16.6. The molecule has 2 aromatic carbocycles. The van der Waals surface area contributed by atoms with Crippen molar-refractivity contribution < 1.29 is 9.53 Å². The van der Waals surface area contributed by atoms with Crippen molar-refractivity contribution >= 4 is 22.3 Å². The summed E-state index contributed by atoms with van der Waals surface area (Å²) in [7, 11) is 0. The zero-order valence-electron chi connectivity index (χ0n) is 18.2. The number of hydrogen-bond donors (Lipinski definition) is 0. The van der Waals surface area contributed by atoms with Crippen LogP contribution in [0.4, 0.5) is 0 Å². The first-order chi connectivity index (χ1) is 14.2. The lowest BCUT2D eigenvalue weighted by Gasteiger charge is -2.22. The number of unbranched alkanes of at least 4 members (excludes halogenated alkanes) is 4. The van der Waals surface area contributed by atoms with Crippen molar-refractivity contribution in [2.45, 2.75) is 84.5 Å². The smallest absolute Gasteiger partial charge is 0.311 e. The molecule has 3 rings (SSSR count). The number of rotatable bonds is 10. The van der Waals surface area contributed by atoms with Crippen LogP contribution in [0.15, 0.2) is 42.5 Å². The molecule has 156 valence electrons. The lowest BCUT2D eigenvalue weighted by molar-refractivity contribution is -0.134. The van der Waals surface area contributed by atoms with E-state index < -0.39 is 0 Å². The summed E-state index contributed by atoms with van der Waals surface area (Å²) in [4.78, 5) is 11.7. The van der Waals surface area contributed by atoms with Crippen molar-refractivity contribution in [3.63, 3.8) is 0 Å². The second-order valence-corrected chi connectivity index (χ2v) is 8.52. The van der Waals surface area contributed by atoms with Gasteiger partial charge in [0, 0.05) is 6.42 Å². The van der Waals surface area contributed by atoms with E-state index in [-0.39, 0.29) is 5.97 Å². The number of benzene rings is 2. The zero-order valence-corrected chi connectivity index (χ0v) is 18.2. The van der Waals surface area contributed by atoms with Crippen molar-refractivity contribution in [2.24, 2.45) is 5.92 Å². The first-order valence-corrected chi connectivity index (χ1v) is 11.6.